The molecule has 1 fully saturated rings. The lowest BCUT2D eigenvalue weighted by Crippen LogP contribution is -2.47. The molecule has 2 atom stereocenters. The summed E-state index contributed by atoms with van der Waals surface area (Å²) in [5.41, 5.74) is -1.55. The number of rotatable bonds is 20. The maximum Gasteiger partial charge on any atom is 0.475 e. The molecule has 0 aliphatic carbocycles. The molecule has 0 amide bonds. The maximum atomic E-state index is 16.1. The first kappa shape index (κ1) is 45.5. The summed E-state index contributed by atoms with van der Waals surface area (Å²) in [6.07, 6.45) is 10.9. The van der Waals surface area contributed by atoms with E-state index >= 15 is 4.39 Å². The number of benzene rings is 3. The molecular weight excluding hydrogens is 823 g/mol. The highest BCUT2D eigenvalue weighted by Crippen LogP contribution is 2.50. The summed E-state index contributed by atoms with van der Waals surface area (Å²) < 4.78 is 93.8. The maximum absolute atomic E-state index is 16.1. The lowest BCUT2D eigenvalue weighted by molar-refractivity contribution is -0.146. The van der Waals surface area contributed by atoms with Crippen LogP contribution in [0.3, 0.4) is 0 Å². The van der Waals surface area contributed by atoms with Crippen LogP contribution in [0.4, 0.5) is 13.2 Å². The van der Waals surface area contributed by atoms with Gasteiger partial charge in [0, 0.05) is 22.4 Å². The van der Waals surface area contributed by atoms with E-state index in [1.165, 1.54) is 83.7 Å². The topological polar surface area (TPSA) is 168 Å². The summed E-state index contributed by atoms with van der Waals surface area (Å²) in [5.74, 6) is -3.41. The Balaban J connectivity index is 1.42. The number of carbonyl (C=O) groups is 1. The van der Waals surface area contributed by atoms with Crippen LogP contribution >= 0.6 is 19.6 Å². The molecule has 60 heavy (non-hydrogen) atoms. The van der Waals surface area contributed by atoms with Gasteiger partial charge < -0.3 is 14.2 Å². The van der Waals surface area contributed by atoms with Gasteiger partial charge in [-0.15, -0.1) is 24.9 Å². The Labute approximate surface area is 348 Å². The average Bonchev–Trinajstić information content (AvgIpc) is 3.76. The molecular formula is C42H39F3N5O8PS. The van der Waals surface area contributed by atoms with Gasteiger partial charge in [-0.25, -0.2) is 32.2 Å². The van der Waals surface area contributed by atoms with Crippen molar-refractivity contribution in [2.75, 3.05) is 26.4 Å². The minimum absolute atomic E-state index is 0.0586. The number of hydrogen-bond acceptors (Lipinski definition) is 13. The lowest BCUT2D eigenvalue weighted by atomic mass is 9.89. The Bertz CT molecular complexity index is 2330. The molecule has 0 bridgehead atoms. The third kappa shape index (κ3) is 12.0. The van der Waals surface area contributed by atoms with Crippen molar-refractivity contribution >= 4 is 31.6 Å². The summed E-state index contributed by atoms with van der Waals surface area (Å²) in [7, 11) is -4.24. The zero-order chi connectivity index (χ0) is 43.1. The Hall–Kier alpha value is -5.62. The van der Waals surface area contributed by atoms with E-state index in [9.17, 15) is 23.4 Å². The molecule has 1 saturated heterocycles. The van der Waals surface area contributed by atoms with E-state index in [2.05, 4.69) is 23.2 Å². The van der Waals surface area contributed by atoms with Gasteiger partial charge in [0.15, 0.2) is 11.9 Å². The molecule has 4 aromatic rings. The number of thioether (sulfide) groups is 1. The highest BCUT2D eigenvalue weighted by atomic mass is 32.2. The molecule has 0 spiro atoms. The van der Waals surface area contributed by atoms with Crippen molar-refractivity contribution in [3.8, 4) is 12.1 Å². The van der Waals surface area contributed by atoms with Crippen molar-refractivity contribution in [3.63, 3.8) is 0 Å². The van der Waals surface area contributed by atoms with E-state index in [-0.39, 0.29) is 66.0 Å². The third-order valence-corrected chi connectivity index (χ3v) is 11.6. The lowest BCUT2D eigenvalue weighted by Gasteiger charge is -2.40. The molecule has 312 valence electrons. The average molecular weight is 862 g/mol. The normalized spacial score (nSPS) is 17.1. The van der Waals surface area contributed by atoms with Gasteiger partial charge in [-0.3, -0.25) is 13.6 Å². The third-order valence-electron chi connectivity index (χ3n) is 8.79. The summed E-state index contributed by atoms with van der Waals surface area (Å²) in [5, 5.41) is 21.6. The number of hydrogen-bond donors (Lipinski definition) is 0. The number of ether oxygens (including phenoxy) is 3. The Morgan fingerprint density at radius 1 is 1.00 bits per heavy atom. The van der Waals surface area contributed by atoms with E-state index in [1.54, 1.807) is 25.2 Å². The number of carbonyl (C=O) groups excluding carboxylic acids is 1. The van der Waals surface area contributed by atoms with Gasteiger partial charge in [-0.1, -0.05) is 36.4 Å². The number of esters is 1. The molecule has 18 heteroatoms. The van der Waals surface area contributed by atoms with Crippen LogP contribution in [0.5, 0.6) is 0 Å². The number of allylic oxidation sites excluding steroid dienone is 2. The number of phosphoric ester groups is 1. The van der Waals surface area contributed by atoms with E-state index in [1.807, 2.05) is 12.1 Å². The van der Waals surface area contributed by atoms with Gasteiger partial charge in [-0.05, 0) is 61.0 Å². The molecule has 0 radical (unpaired) electrons. The van der Waals surface area contributed by atoms with Crippen LogP contribution in [0, 0.1) is 40.1 Å². The highest BCUT2D eigenvalue weighted by molar-refractivity contribution is 8.00. The number of phosphoric acid groups is 1. The van der Waals surface area contributed by atoms with Gasteiger partial charge in [0.1, 0.15) is 30.1 Å². The van der Waals surface area contributed by atoms with Crippen molar-refractivity contribution in [1.29, 1.82) is 10.5 Å². The quantitative estimate of drug-likeness (QED) is 0.0360. The fourth-order valence-electron chi connectivity index (χ4n) is 5.88. The Morgan fingerprint density at radius 3 is 2.33 bits per heavy atom. The Kier molecular flexibility index (Phi) is 16.4. The van der Waals surface area contributed by atoms with Crippen LogP contribution in [0.15, 0.2) is 111 Å². The molecule has 13 nitrogen and oxygen atoms in total. The van der Waals surface area contributed by atoms with E-state index < -0.39 is 55.0 Å². The van der Waals surface area contributed by atoms with Gasteiger partial charge in [0.2, 0.25) is 0 Å². The number of nitriles is 2. The van der Waals surface area contributed by atoms with Crippen molar-refractivity contribution in [3.05, 3.63) is 162 Å². The van der Waals surface area contributed by atoms with Crippen LogP contribution in [-0.2, 0) is 51.1 Å². The molecule has 0 saturated carbocycles. The van der Waals surface area contributed by atoms with Crippen molar-refractivity contribution in [1.82, 2.24) is 14.8 Å². The van der Waals surface area contributed by atoms with E-state index in [0.29, 0.717) is 11.6 Å². The molecule has 0 unspecified atom stereocenters. The first-order chi connectivity index (χ1) is 28.9. The van der Waals surface area contributed by atoms with E-state index in [4.69, 9.17) is 33.0 Å². The monoisotopic (exact) mass is 861 g/mol. The minimum atomic E-state index is -4.24. The minimum Gasteiger partial charge on any atom is -0.447 e. The smallest absolute Gasteiger partial charge is 0.447 e. The standard InChI is InChI=1S/C42H39F3N5O8PS/c1-4-16-55-59(52,56-17-5-2)57-23-33-18-30(21-46)11-14-36(33)41(51)58-42(26-50-28-48-27-49-50,37-15-13-34(43)20-39(37)45)29(3)60-35-24-53-40(54-25-35)9-7-6-8-32-12-10-31(22-47)19-38(32)44/h4-15,18-20,27-29,35,40H,1-2,16-17,23-26H2,3H3/b8-6+,9-7+/t29-,35?,40?,42-/m1/s1. The van der Waals surface area contributed by atoms with Crippen LogP contribution in [0.25, 0.3) is 6.08 Å². The Morgan fingerprint density at radius 2 is 1.70 bits per heavy atom. The van der Waals surface area contributed by atoms with Crippen molar-refractivity contribution in [2.24, 2.45) is 0 Å². The molecule has 5 rings (SSSR count). The first-order valence-corrected chi connectivity index (χ1v) is 20.6. The van der Waals surface area contributed by atoms with Gasteiger partial charge in [0.25, 0.3) is 0 Å². The molecule has 3 aromatic carbocycles. The predicted octanol–water partition coefficient (Wildman–Crippen LogP) is 8.35. The second kappa shape index (κ2) is 21.6. The summed E-state index contributed by atoms with van der Waals surface area (Å²) in [6.45, 7) is 7.83. The summed E-state index contributed by atoms with van der Waals surface area (Å²) in [6, 6.07) is 14.9. The molecule has 1 aliphatic heterocycles. The van der Waals surface area contributed by atoms with Crippen LogP contribution < -0.4 is 0 Å². The molecule has 0 N–H and O–H groups in total. The van der Waals surface area contributed by atoms with Crippen LogP contribution in [0.2, 0.25) is 0 Å². The number of aromatic nitrogens is 3. The van der Waals surface area contributed by atoms with Crippen LogP contribution in [-0.4, -0.2) is 64.0 Å². The van der Waals surface area contributed by atoms with Crippen molar-refractivity contribution < 1.29 is 50.3 Å². The van der Waals surface area contributed by atoms with Gasteiger partial charge in [0.05, 0.1) is 73.7 Å². The first-order valence-electron chi connectivity index (χ1n) is 18.2. The SMILES string of the molecule is C=CCOP(=O)(OCC=C)OCc1cc(C#N)ccc1C(=O)O[C@@](Cn1cncn1)(c1ccc(F)cc1F)[C@@H](C)SC1COC(/C=C/C=C/c2ccc(C#N)cc2F)OC1. The second-order valence-corrected chi connectivity index (χ2v) is 16.2. The van der Waals surface area contributed by atoms with Gasteiger partial charge in [-0.2, -0.15) is 15.6 Å². The second-order valence-electron chi connectivity index (χ2n) is 12.9. The summed E-state index contributed by atoms with van der Waals surface area (Å²) in [4.78, 5) is 18.5. The van der Waals surface area contributed by atoms with Gasteiger partial charge >= 0.3 is 13.8 Å². The number of nitrogens with zero attached hydrogens (tertiary/aromatic N) is 5. The summed E-state index contributed by atoms with van der Waals surface area (Å²) >= 11 is 1.26. The van der Waals surface area contributed by atoms with Crippen molar-refractivity contribution in [2.45, 2.75) is 42.5 Å². The molecule has 1 aromatic heterocycles. The highest BCUT2D eigenvalue weighted by Gasteiger charge is 2.47. The zero-order valence-corrected chi connectivity index (χ0v) is 33.9. The zero-order valence-electron chi connectivity index (χ0n) is 32.2. The fourth-order valence-corrected chi connectivity index (χ4v) is 8.33. The predicted molar refractivity (Wildman–Crippen MR) is 215 cm³/mol. The molecule has 2 heterocycles. The van der Waals surface area contributed by atoms with Crippen LogP contribution in [0.1, 0.15) is 45.1 Å². The largest absolute Gasteiger partial charge is 0.475 e. The fraction of sp³-hybridized carbons (Fsp3) is 0.262. The number of halogens is 3. The van der Waals surface area contributed by atoms with E-state index in [0.717, 1.165) is 12.1 Å². The molecule has 1 aliphatic rings.